The maximum absolute atomic E-state index is 12.7. The molecule has 0 saturated carbocycles. The number of esters is 2. The largest absolute Gasteiger partial charge is 0.544 e. The molecular formula is C49H91NO7. The molecule has 0 amide bonds. The standard InChI is InChI=1S/C49H91NO7/c1-6-8-10-12-14-16-18-20-22-23-24-26-28-30-32-34-36-38-40-48(52)57-45(43-55-42-41-46(49(53)54)50(3,4)5)44-56-47(51)39-37-35-33-31-29-27-25-21-19-17-15-13-11-9-7-2/h15,17,19,21,45-46H,6-14,16,18,20,22-44H2,1-5H3/b17-15+,21-19+. The third-order valence-electron chi connectivity index (χ3n) is 10.9. The predicted molar refractivity (Wildman–Crippen MR) is 236 cm³/mol. The van der Waals surface area contributed by atoms with Crippen LogP contribution in [0.4, 0.5) is 0 Å². The molecule has 8 heteroatoms. The van der Waals surface area contributed by atoms with E-state index >= 15 is 0 Å². The first-order valence-electron chi connectivity index (χ1n) is 23.9. The SMILES string of the molecule is CCCCC/C=C/C=C/CCCCCCCCC(=O)OCC(COCCC(C(=O)[O-])[N+](C)(C)C)OC(=O)CCCCCCCCCCCCCCCCCCCC. The highest BCUT2D eigenvalue weighted by Crippen LogP contribution is 2.16. The fourth-order valence-corrected chi connectivity index (χ4v) is 7.12. The average molecular weight is 806 g/mol. The molecule has 0 aromatic heterocycles. The number of aliphatic carboxylic acids is 1. The molecule has 57 heavy (non-hydrogen) atoms. The summed E-state index contributed by atoms with van der Waals surface area (Å²) in [5, 5.41) is 11.6. The number of quaternary nitrogens is 1. The van der Waals surface area contributed by atoms with Gasteiger partial charge in [-0.05, 0) is 38.5 Å². The summed E-state index contributed by atoms with van der Waals surface area (Å²) in [6.45, 7) is 4.65. The zero-order valence-corrected chi connectivity index (χ0v) is 38.0. The highest BCUT2D eigenvalue weighted by molar-refractivity contribution is 5.70. The second-order valence-electron chi connectivity index (χ2n) is 17.4. The molecule has 334 valence electrons. The Balaban J connectivity index is 4.28. The molecule has 0 N–H and O–H groups in total. The summed E-state index contributed by atoms with van der Waals surface area (Å²) in [5.74, 6) is -1.74. The Morgan fingerprint density at radius 2 is 0.912 bits per heavy atom. The molecule has 0 aliphatic heterocycles. The Hall–Kier alpha value is -2.19. The van der Waals surface area contributed by atoms with Gasteiger partial charge in [-0.25, -0.2) is 0 Å². The minimum atomic E-state index is -1.12. The van der Waals surface area contributed by atoms with Crippen LogP contribution in [-0.2, 0) is 28.6 Å². The number of nitrogens with zero attached hydrogens (tertiary/aromatic N) is 1. The first kappa shape index (κ1) is 54.8. The fourth-order valence-electron chi connectivity index (χ4n) is 7.12. The van der Waals surface area contributed by atoms with Gasteiger partial charge in [-0.1, -0.05) is 186 Å². The Morgan fingerprint density at radius 1 is 0.526 bits per heavy atom. The van der Waals surface area contributed by atoms with E-state index in [1.165, 1.54) is 135 Å². The number of carboxylic acids is 1. The Morgan fingerprint density at radius 3 is 1.35 bits per heavy atom. The predicted octanol–water partition coefficient (Wildman–Crippen LogP) is 11.9. The normalized spacial score (nSPS) is 13.1. The van der Waals surface area contributed by atoms with Gasteiger partial charge in [0.05, 0.1) is 40.3 Å². The van der Waals surface area contributed by atoms with E-state index in [1.807, 2.05) is 0 Å². The van der Waals surface area contributed by atoms with Gasteiger partial charge in [0.25, 0.3) is 0 Å². The highest BCUT2D eigenvalue weighted by Gasteiger charge is 2.25. The van der Waals surface area contributed by atoms with Crippen molar-refractivity contribution in [2.45, 2.75) is 231 Å². The molecule has 0 aromatic carbocycles. The second kappa shape index (κ2) is 40.6. The first-order chi connectivity index (χ1) is 27.6. The van der Waals surface area contributed by atoms with E-state index in [1.54, 1.807) is 21.1 Å². The number of hydrogen-bond donors (Lipinski definition) is 0. The maximum atomic E-state index is 12.7. The van der Waals surface area contributed by atoms with Crippen molar-refractivity contribution in [1.82, 2.24) is 0 Å². The lowest BCUT2D eigenvalue weighted by Gasteiger charge is -2.34. The third kappa shape index (κ3) is 39.1. The molecule has 0 fully saturated rings. The van der Waals surface area contributed by atoms with Gasteiger partial charge in [-0.2, -0.15) is 0 Å². The van der Waals surface area contributed by atoms with Gasteiger partial charge < -0.3 is 28.6 Å². The summed E-state index contributed by atoms with van der Waals surface area (Å²) in [5.41, 5.74) is 0. The number of likely N-dealkylation sites (N-methyl/N-ethyl adjacent to an activating group) is 1. The van der Waals surface area contributed by atoms with Crippen molar-refractivity contribution in [1.29, 1.82) is 0 Å². The van der Waals surface area contributed by atoms with Crippen LogP contribution in [-0.4, -0.2) is 75.5 Å². The van der Waals surface area contributed by atoms with Crippen molar-refractivity contribution in [2.24, 2.45) is 0 Å². The Kier molecular flexibility index (Phi) is 39.0. The molecule has 0 bridgehead atoms. The van der Waals surface area contributed by atoms with E-state index < -0.39 is 18.1 Å². The van der Waals surface area contributed by atoms with Crippen molar-refractivity contribution in [3.8, 4) is 0 Å². The van der Waals surface area contributed by atoms with Crippen molar-refractivity contribution < 1.29 is 38.2 Å². The van der Waals surface area contributed by atoms with Crippen LogP contribution in [0.5, 0.6) is 0 Å². The van der Waals surface area contributed by atoms with Gasteiger partial charge in [-0.15, -0.1) is 0 Å². The van der Waals surface area contributed by atoms with Crippen molar-refractivity contribution in [2.75, 3.05) is 41.0 Å². The molecule has 2 atom stereocenters. The second-order valence-corrected chi connectivity index (χ2v) is 17.4. The molecule has 0 rings (SSSR count). The zero-order chi connectivity index (χ0) is 42.1. The van der Waals surface area contributed by atoms with Crippen LogP contribution in [0, 0.1) is 0 Å². The van der Waals surface area contributed by atoms with Crippen LogP contribution >= 0.6 is 0 Å². The van der Waals surface area contributed by atoms with Gasteiger partial charge in [0.15, 0.2) is 6.10 Å². The molecule has 0 aromatic rings. The number of rotatable bonds is 43. The summed E-state index contributed by atoms with van der Waals surface area (Å²) in [6, 6.07) is -0.725. The summed E-state index contributed by atoms with van der Waals surface area (Å²) in [7, 11) is 5.41. The van der Waals surface area contributed by atoms with Crippen LogP contribution in [0.3, 0.4) is 0 Å². The van der Waals surface area contributed by atoms with E-state index in [0.717, 1.165) is 51.4 Å². The minimum absolute atomic E-state index is 0.0412. The molecule has 0 aliphatic rings. The maximum Gasteiger partial charge on any atom is 0.306 e. The van der Waals surface area contributed by atoms with E-state index in [9.17, 15) is 19.5 Å². The van der Waals surface area contributed by atoms with Crippen LogP contribution in [0.2, 0.25) is 0 Å². The molecule has 0 heterocycles. The minimum Gasteiger partial charge on any atom is -0.544 e. The van der Waals surface area contributed by atoms with Gasteiger partial charge >= 0.3 is 11.9 Å². The summed E-state index contributed by atoms with van der Waals surface area (Å²) >= 11 is 0. The smallest absolute Gasteiger partial charge is 0.306 e. The number of carbonyl (C=O) groups is 3. The van der Waals surface area contributed by atoms with Crippen LogP contribution < -0.4 is 5.11 Å². The van der Waals surface area contributed by atoms with Crippen molar-refractivity contribution in [3.63, 3.8) is 0 Å². The average Bonchev–Trinajstić information content (AvgIpc) is 3.17. The topological polar surface area (TPSA) is 102 Å². The zero-order valence-electron chi connectivity index (χ0n) is 38.0. The lowest BCUT2D eigenvalue weighted by atomic mass is 10.0. The monoisotopic (exact) mass is 806 g/mol. The fraction of sp³-hybridized carbons (Fsp3) is 0.857. The molecule has 8 nitrogen and oxygen atoms in total. The first-order valence-corrected chi connectivity index (χ1v) is 23.9. The molecule has 0 radical (unpaired) electrons. The number of unbranched alkanes of at least 4 members (excludes halogenated alkanes) is 26. The Labute approximate surface area is 351 Å². The van der Waals surface area contributed by atoms with Gasteiger partial charge in [0.1, 0.15) is 12.6 Å². The summed E-state index contributed by atoms with van der Waals surface area (Å²) in [4.78, 5) is 36.9. The number of carbonyl (C=O) groups excluding carboxylic acids is 3. The third-order valence-corrected chi connectivity index (χ3v) is 10.9. The molecule has 0 saturated heterocycles. The van der Waals surface area contributed by atoms with Gasteiger partial charge in [0.2, 0.25) is 0 Å². The molecule has 0 spiro atoms. The number of hydrogen-bond acceptors (Lipinski definition) is 7. The molecular weight excluding hydrogens is 715 g/mol. The highest BCUT2D eigenvalue weighted by atomic mass is 16.6. The van der Waals surface area contributed by atoms with E-state index in [0.29, 0.717) is 12.8 Å². The number of carboxylic acid groups (broad SMARTS) is 1. The molecule has 0 aliphatic carbocycles. The molecule has 2 unspecified atom stereocenters. The number of allylic oxidation sites excluding steroid dienone is 4. The quantitative estimate of drug-likeness (QED) is 0.0262. The van der Waals surface area contributed by atoms with Crippen molar-refractivity contribution >= 4 is 17.9 Å². The lowest BCUT2D eigenvalue weighted by Crippen LogP contribution is -2.55. The van der Waals surface area contributed by atoms with E-state index in [2.05, 4.69) is 38.2 Å². The van der Waals surface area contributed by atoms with Crippen molar-refractivity contribution in [3.05, 3.63) is 24.3 Å². The van der Waals surface area contributed by atoms with Crippen LogP contribution in [0.1, 0.15) is 219 Å². The Bertz CT molecular complexity index is 989. The van der Waals surface area contributed by atoms with E-state index in [4.69, 9.17) is 14.2 Å². The van der Waals surface area contributed by atoms with Gasteiger partial charge in [-0.3, -0.25) is 9.59 Å². The lowest BCUT2D eigenvalue weighted by molar-refractivity contribution is -0.889. The number of ether oxygens (including phenoxy) is 3. The summed E-state index contributed by atoms with van der Waals surface area (Å²) < 4.78 is 17.2. The summed E-state index contributed by atoms with van der Waals surface area (Å²) in [6.07, 6.45) is 44.8. The van der Waals surface area contributed by atoms with Crippen LogP contribution in [0.25, 0.3) is 0 Å². The van der Waals surface area contributed by atoms with Gasteiger partial charge in [0, 0.05) is 19.3 Å². The van der Waals surface area contributed by atoms with Crippen LogP contribution in [0.15, 0.2) is 24.3 Å². The van der Waals surface area contributed by atoms with E-state index in [-0.39, 0.29) is 42.7 Å².